The maximum Gasteiger partial charge on any atom is 0.262 e. The minimum Gasteiger partial charge on any atom is -0.480 e. The lowest BCUT2D eigenvalue weighted by Crippen LogP contribution is -2.20. The van der Waals surface area contributed by atoms with E-state index >= 15 is 0 Å². The molecule has 1 amide bonds. The Labute approximate surface area is 138 Å². The summed E-state index contributed by atoms with van der Waals surface area (Å²) in [5, 5.41) is 3.37. The minimum absolute atomic E-state index is 0.0997. The molecule has 118 valence electrons. The Morgan fingerprint density at radius 1 is 1.35 bits per heavy atom. The minimum atomic E-state index is -0.249. The molecule has 6 heteroatoms. The fourth-order valence-electron chi connectivity index (χ4n) is 2.28. The summed E-state index contributed by atoms with van der Waals surface area (Å²) in [6.07, 6.45) is 3.79. The van der Waals surface area contributed by atoms with Gasteiger partial charge in [-0.15, -0.1) is 0 Å². The first-order valence-corrected chi connectivity index (χ1v) is 7.54. The van der Waals surface area contributed by atoms with Gasteiger partial charge in [0.15, 0.2) is 18.0 Å². The van der Waals surface area contributed by atoms with E-state index in [0.29, 0.717) is 22.1 Å². The summed E-state index contributed by atoms with van der Waals surface area (Å²) in [7, 11) is 0. The van der Waals surface area contributed by atoms with Crippen LogP contribution in [0.15, 0.2) is 42.7 Å². The molecule has 2 heterocycles. The summed E-state index contributed by atoms with van der Waals surface area (Å²) in [5.74, 6) is 0.319. The second-order valence-electron chi connectivity index (χ2n) is 5.28. The van der Waals surface area contributed by atoms with Crippen molar-refractivity contribution >= 4 is 28.8 Å². The fraction of sp³-hybridized carbons (Fsp3) is 0.176. The lowest BCUT2D eigenvalue weighted by atomic mass is 10.2. The van der Waals surface area contributed by atoms with Crippen molar-refractivity contribution in [3.05, 3.63) is 59.0 Å². The Hall–Kier alpha value is -2.53. The second kappa shape index (κ2) is 6.30. The van der Waals surface area contributed by atoms with Crippen LogP contribution in [0.5, 0.6) is 5.75 Å². The number of fused-ring (bicyclic) bond motifs is 1. The Morgan fingerprint density at radius 3 is 3.00 bits per heavy atom. The van der Waals surface area contributed by atoms with Gasteiger partial charge in [0.25, 0.3) is 5.91 Å². The molecule has 5 nitrogen and oxygen atoms in total. The number of carbonyl (C=O) groups is 1. The maximum atomic E-state index is 12.1. The van der Waals surface area contributed by atoms with Gasteiger partial charge in [0.1, 0.15) is 0 Å². The molecule has 0 spiro atoms. The van der Waals surface area contributed by atoms with Crippen LogP contribution in [0.4, 0.5) is 5.69 Å². The fourth-order valence-corrected chi connectivity index (χ4v) is 2.45. The van der Waals surface area contributed by atoms with Crippen molar-refractivity contribution in [3.8, 4) is 5.75 Å². The van der Waals surface area contributed by atoms with E-state index in [4.69, 9.17) is 16.3 Å². The van der Waals surface area contributed by atoms with Gasteiger partial charge < -0.3 is 14.5 Å². The quantitative estimate of drug-likeness (QED) is 0.795. The van der Waals surface area contributed by atoms with Crippen molar-refractivity contribution < 1.29 is 9.53 Å². The number of imidazole rings is 1. The highest BCUT2D eigenvalue weighted by Crippen LogP contribution is 2.21. The van der Waals surface area contributed by atoms with Gasteiger partial charge in [0.05, 0.1) is 5.69 Å². The third kappa shape index (κ3) is 3.46. The number of hydrogen-bond acceptors (Lipinski definition) is 3. The number of carbonyl (C=O) groups excluding carboxylic acids is 1. The highest BCUT2D eigenvalue weighted by Gasteiger charge is 2.09. The number of nitrogens with zero attached hydrogens (tertiary/aromatic N) is 2. The van der Waals surface area contributed by atoms with Crippen LogP contribution < -0.4 is 10.1 Å². The normalized spacial score (nSPS) is 10.7. The Morgan fingerprint density at radius 2 is 2.17 bits per heavy atom. The molecule has 3 aromatic rings. The molecule has 0 aliphatic carbocycles. The van der Waals surface area contributed by atoms with Crippen LogP contribution in [0.3, 0.4) is 0 Å². The second-order valence-corrected chi connectivity index (χ2v) is 5.72. The van der Waals surface area contributed by atoms with Gasteiger partial charge in [0, 0.05) is 23.1 Å². The van der Waals surface area contributed by atoms with Crippen LogP contribution >= 0.6 is 11.6 Å². The highest BCUT2D eigenvalue weighted by molar-refractivity contribution is 6.31. The first-order chi connectivity index (χ1) is 11.0. The number of halogens is 1. The van der Waals surface area contributed by atoms with Crippen LogP contribution in [0, 0.1) is 13.8 Å². The zero-order valence-corrected chi connectivity index (χ0v) is 13.6. The van der Waals surface area contributed by atoms with Gasteiger partial charge in [-0.05, 0) is 43.7 Å². The van der Waals surface area contributed by atoms with Gasteiger partial charge in [-0.25, -0.2) is 4.98 Å². The predicted octanol–water partition coefficient (Wildman–Crippen LogP) is 3.62. The summed E-state index contributed by atoms with van der Waals surface area (Å²) in [6, 6.07) is 8.99. The predicted molar refractivity (Wildman–Crippen MR) is 90.2 cm³/mol. The smallest absolute Gasteiger partial charge is 0.262 e. The van der Waals surface area contributed by atoms with Gasteiger partial charge >= 0.3 is 0 Å². The Bertz CT molecular complexity index is 873. The number of hydrogen-bond donors (Lipinski definition) is 1. The number of aryl methyl sites for hydroxylation is 2. The molecule has 1 N–H and O–H groups in total. The first-order valence-electron chi connectivity index (χ1n) is 7.16. The van der Waals surface area contributed by atoms with E-state index in [1.807, 2.05) is 42.8 Å². The maximum absolute atomic E-state index is 12.1. The van der Waals surface area contributed by atoms with Gasteiger partial charge in [0.2, 0.25) is 0 Å². The van der Waals surface area contributed by atoms with Crippen molar-refractivity contribution in [3.63, 3.8) is 0 Å². The number of anilines is 1. The summed E-state index contributed by atoms with van der Waals surface area (Å²) in [4.78, 5) is 16.5. The summed E-state index contributed by atoms with van der Waals surface area (Å²) < 4.78 is 7.47. The molecule has 0 saturated heterocycles. The molecular formula is C17H16ClN3O2. The van der Waals surface area contributed by atoms with Crippen molar-refractivity contribution in [2.24, 2.45) is 0 Å². The number of amides is 1. The monoisotopic (exact) mass is 329 g/mol. The average Bonchev–Trinajstić information content (AvgIpc) is 2.89. The Balaban J connectivity index is 1.70. The number of pyridine rings is 1. The van der Waals surface area contributed by atoms with Crippen molar-refractivity contribution in [2.75, 3.05) is 11.9 Å². The molecule has 23 heavy (non-hydrogen) atoms. The molecule has 0 aliphatic rings. The van der Waals surface area contributed by atoms with E-state index in [2.05, 4.69) is 10.3 Å². The largest absolute Gasteiger partial charge is 0.480 e. The molecule has 0 atom stereocenters. The van der Waals surface area contributed by atoms with Gasteiger partial charge in [-0.3, -0.25) is 4.79 Å². The lowest BCUT2D eigenvalue weighted by molar-refractivity contribution is -0.118. The standard InChI is InChI=1S/C17H16ClN3O2/c1-11-5-6-13(18)8-14(11)20-16(22)10-23-15-4-3-7-21-9-12(2)19-17(15)21/h3-9H,10H2,1-2H3,(H,20,22). The van der Waals surface area contributed by atoms with Crippen molar-refractivity contribution in [1.29, 1.82) is 0 Å². The van der Waals surface area contributed by atoms with Crippen LogP contribution in [-0.4, -0.2) is 21.9 Å². The molecular weight excluding hydrogens is 314 g/mol. The van der Waals surface area contributed by atoms with E-state index in [-0.39, 0.29) is 12.5 Å². The van der Waals surface area contributed by atoms with E-state index in [1.54, 1.807) is 18.2 Å². The molecule has 0 saturated carbocycles. The first kappa shape index (κ1) is 15.4. The molecule has 0 unspecified atom stereocenters. The van der Waals surface area contributed by atoms with Crippen LogP contribution in [-0.2, 0) is 4.79 Å². The zero-order chi connectivity index (χ0) is 16.4. The summed E-state index contributed by atoms with van der Waals surface area (Å²) in [6.45, 7) is 3.71. The highest BCUT2D eigenvalue weighted by atomic mass is 35.5. The molecule has 3 rings (SSSR count). The van der Waals surface area contributed by atoms with E-state index in [1.165, 1.54) is 0 Å². The van der Waals surface area contributed by atoms with E-state index in [0.717, 1.165) is 11.3 Å². The summed E-state index contributed by atoms with van der Waals surface area (Å²) >= 11 is 5.95. The molecule has 0 bridgehead atoms. The number of benzene rings is 1. The molecule has 1 aromatic carbocycles. The van der Waals surface area contributed by atoms with E-state index < -0.39 is 0 Å². The number of rotatable bonds is 4. The Kier molecular flexibility index (Phi) is 4.21. The SMILES string of the molecule is Cc1cn2cccc(OCC(=O)Nc3cc(Cl)ccc3C)c2n1. The average molecular weight is 330 g/mol. The molecule has 0 aliphatic heterocycles. The van der Waals surface area contributed by atoms with Crippen LogP contribution in [0.25, 0.3) is 5.65 Å². The lowest BCUT2D eigenvalue weighted by Gasteiger charge is -2.10. The zero-order valence-electron chi connectivity index (χ0n) is 12.8. The molecule has 2 aromatic heterocycles. The third-order valence-electron chi connectivity index (χ3n) is 3.40. The van der Waals surface area contributed by atoms with Crippen molar-refractivity contribution in [2.45, 2.75) is 13.8 Å². The number of nitrogens with one attached hydrogen (secondary N) is 1. The summed E-state index contributed by atoms with van der Waals surface area (Å²) in [5.41, 5.74) is 3.20. The van der Waals surface area contributed by atoms with Gasteiger partial charge in [-0.1, -0.05) is 17.7 Å². The number of ether oxygens (including phenoxy) is 1. The molecule has 0 fully saturated rings. The molecule has 0 radical (unpaired) electrons. The van der Waals surface area contributed by atoms with Gasteiger partial charge in [-0.2, -0.15) is 0 Å². The van der Waals surface area contributed by atoms with Crippen molar-refractivity contribution in [1.82, 2.24) is 9.38 Å². The van der Waals surface area contributed by atoms with Crippen LogP contribution in [0.2, 0.25) is 5.02 Å². The number of aromatic nitrogens is 2. The van der Waals surface area contributed by atoms with Crippen LogP contribution in [0.1, 0.15) is 11.3 Å². The topological polar surface area (TPSA) is 55.6 Å². The van der Waals surface area contributed by atoms with E-state index in [9.17, 15) is 4.79 Å². The third-order valence-corrected chi connectivity index (χ3v) is 3.63.